The molecule has 1 aromatic rings. The lowest BCUT2D eigenvalue weighted by molar-refractivity contribution is 0.357. The average Bonchev–Trinajstić information content (AvgIpc) is 3.29. The molecule has 0 aliphatic heterocycles. The van der Waals surface area contributed by atoms with E-state index in [1.165, 1.54) is 4.31 Å². The third-order valence-electron chi connectivity index (χ3n) is 4.03. The molecule has 5 nitrogen and oxygen atoms in total. The Morgan fingerprint density at radius 3 is 2.60 bits per heavy atom. The van der Waals surface area contributed by atoms with Gasteiger partial charge in [-0.1, -0.05) is 0 Å². The first-order valence-electron chi connectivity index (χ1n) is 6.76. The molecule has 0 saturated heterocycles. The molecule has 6 heteroatoms. The van der Waals surface area contributed by atoms with Crippen molar-refractivity contribution in [3.05, 3.63) is 23.8 Å². The number of ether oxygens (including phenoxy) is 1. The summed E-state index contributed by atoms with van der Waals surface area (Å²) in [7, 11) is -0.289. The van der Waals surface area contributed by atoms with Crippen LogP contribution in [0.5, 0.6) is 5.75 Å². The molecule has 0 aromatic heterocycles. The fraction of sp³-hybridized carbons (Fsp3) is 0.571. The Hall–Kier alpha value is -1.11. The first-order chi connectivity index (χ1) is 9.41. The van der Waals surface area contributed by atoms with Crippen LogP contribution in [0.2, 0.25) is 0 Å². The summed E-state index contributed by atoms with van der Waals surface area (Å²) in [5.41, 5.74) is 6.34. The second-order valence-electron chi connectivity index (χ2n) is 5.28. The molecular weight excluding hydrogens is 276 g/mol. The van der Waals surface area contributed by atoms with Crippen LogP contribution < -0.4 is 10.5 Å². The van der Waals surface area contributed by atoms with Crippen molar-refractivity contribution in [2.75, 3.05) is 14.2 Å². The van der Waals surface area contributed by atoms with E-state index in [1.807, 2.05) is 6.92 Å². The van der Waals surface area contributed by atoms with Crippen molar-refractivity contribution in [3.8, 4) is 5.75 Å². The Kier molecular flexibility index (Phi) is 4.36. The van der Waals surface area contributed by atoms with Crippen molar-refractivity contribution < 1.29 is 13.2 Å². The number of nitrogens with two attached hydrogens (primary N) is 1. The molecular formula is C14H22N2O3S. The van der Waals surface area contributed by atoms with Crippen molar-refractivity contribution >= 4 is 10.0 Å². The molecule has 2 N–H and O–H groups in total. The number of nitrogens with zero attached hydrogens (tertiary/aromatic N) is 1. The van der Waals surface area contributed by atoms with Crippen LogP contribution in [0.15, 0.2) is 23.1 Å². The molecule has 1 fully saturated rings. The SMILES string of the molecule is COc1ccc(S(=O)(=O)N(C)C(C)C2CC2)cc1CN. The zero-order chi connectivity index (χ0) is 14.9. The monoisotopic (exact) mass is 298 g/mol. The van der Waals surface area contributed by atoms with E-state index < -0.39 is 10.0 Å². The molecule has 0 radical (unpaired) electrons. The largest absolute Gasteiger partial charge is 0.496 e. The fourth-order valence-electron chi connectivity index (χ4n) is 2.34. The Balaban J connectivity index is 2.33. The van der Waals surface area contributed by atoms with Crippen LogP contribution in [0.3, 0.4) is 0 Å². The maximum atomic E-state index is 12.6. The van der Waals surface area contributed by atoms with Crippen LogP contribution in [0.1, 0.15) is 25.3 Å². The van der Waals surface area contributed by atoms with E-state index in [4.69, 9.17) is 10.5 Å². The van der Waals surface area contributed by atoms with Crippen LogP contribution in [-0.4, -0.2) is 32.9 Å². The van der Waals surface area contributed by atoms with Gasteiger partial charge in [0.15, 0.2) is 0 Å². The third-order valence-corrected chi connectivity index (χ3v) is 5.97. The number of hydrogen-bond acceptors (Lipinski definition) is 4. The van der Waals surface area contributed by atoms with Gasteiger partial charge in [-0.05, 0) is 43.9 Å². The lowest BCUT2D eigenvalue weighted by atomic mass is 10.2. The maximum absolute atomic E-state index is 12.6. The normalized spacial score (nSPS) is 17.2. The lowest BCUT2D eigenvalue weighted by Crippen LogP contribution is -2.36. The van der Waals surface area contributed by atoms with Gasteiger partial charge in [0.05, 0.1) is 12.0 Å². The summed E-state index contributed by atoms with van der Waals surface area (Å²) in [6.45, 7) is 2.21. The van der Waals surface area contributed by atoms with E-state index in [1.54, 1.807) is 32.4 Å². The van der Waals surface area contributed by atoms with E-state index in [0.717, 1.165) is 12.8 Å². The zero-order valence-electron chi connectivity index (χ0n) is 12.2. The molecule has 1 saturated carbocycles. The molecule has 112 valence electrons. The molecule has 1 aliphatic rings. The van der Waals surface area contributed by atoms with Crippen molar-refractivity contribution in [1.29, 1.82) is 0 Å². The molecule has 2 rings (SSSR count). The molecule has 1 atom stereocenters. The second-order valence-corrected chi connectivity index (χ2v) is 7.27. The summed E-state index contributed by atoms with van der Waals surface area (Å²) in [6.07, 6.45) is 2.22. The van der Waals surface area contributed by atoms with Gasteiger partial charge in [0.1, 0.15) is 5.75 Å². The van der Waals surface area contributed by atoms with E-state index in [9.17, 15) is 8.42 Å². The summed E-state index contributed by atoms with van der Waals surface area (Å²) in [6, 6.07) is 4.86. The summed E-state index contributed by atoms with van der Waals surface area (Å²) in [4.78, 5) is 0.272. The minimum atomic E-state index is -3.48. The minimum absolute atomic E-state index is 0.0310. The van der Waals surface area contributed by atoms with Crippen LogP contribution >= 0.6 is 0 Å². The first-order valence-corrected chi connectivity index (χ1v) is 8.20. The smallest absolute Gasteiger partial charge is 0.243 e. The van der Waals surface area contributed by atoms with Gasteiger partial charge >= 0.3 is 0 Å². The minimum Gasteiger partial charge on any atom is -0.496 e. The highest BCUT2D eigenvalue weighted by Gasteiger charge is 2.36. The van der Waals surface area contributed by atoms with E-state index >= 15 is 0 Å². The molecule has 1 unspecified atom stereocenters. The average molecular weight is 298 g/mol. The van der Waals surface area contributed by atoms with Crippen molar-refractivity contribution in [2.24, 2.45) is 11.7 Å². The van der Waals surface area contributed by atoms with Gasteiger partial charge < -0.3 is 10.5 Å². The van der Waals surface area contributed by atoms with Crippen LogP contribution in [0, 0.1) is 5.92 Å². The summed E-state index contributed by atoms with van der Waals surface area (Å²) in [5.74, 6) is 1.10. The lowest BCUT2D eigenvalue weighted by Gasteiger charge is -2.24. The zero-order valence-corrected chi connectivity index (χ0v) is 13.0. The number of methoxy groups -OCH3 is 1. The Bertz CT molecular complexity index is 582. The van der Waals surface area contributed by atoms with Gasteiger partial charge in [-0.3, -0.25) is 0 Å². The van der Waals surface area contributed by atoms with E-state index in [2.05, 4.69) is 0 Å². The Morgan fingerprint density at radius 1 is 1.45 bits per heavy atom. The predicted molar refractivity (Wildman–Crippen MR) is 78.0 cm³/mol. The molecule has 1 aromatic carbocycles. The Labute approximate surface area is 120 Å². The highest BCUT2D eigenvalue weighted by Crippen LogP contribution is 2.36. The molecule has 20 heavy (non-hydrogen) atoms. The number of sulfonamides is 1. The molecule has 0 heterocycles. The van der Waals surface area contributed by atoms with E-state index in [-0.39, 0.29) is 17.5 Å². The van der Waals surface area contributed by atoms with Crippen molar-refractivity contribution in [1.82, 2.24) is 4.31 Å². The maximum Gasteiger partial charge on any atom is 0.243 e. The summed E-state index contributed by atoms with van der Waals surface area (Å²) < 4.78 is 31.9. The summed E-state index contributed by atoms with van der Waals surface area (Å²) in [5, 5.41) is 0. The Morgan fingerprint density at radius 2 is 2.10 bits per heavy atom. The first kappa shape index (κ1) is 15.3. The van der Waals surface area contributed by atoms with E-state index in [0.29, 0.717) is 17.2 Å². The van der Waals surface area contributed by atoms with Crippen LogP contribution in [0.4, 0.5) is 0 Å². The predicted octanol–water partition coefficient (Wildman–Crippen LogP) is 1.57. The van der Waals surface area contributed by atoms with Crippen LogP contribution in [-0.2, 0) is 16.6 Å². The van der Waals surface area contributed by atoms with Gasteiger partial charge in [-0.15, -0.1) is 0 Å². The highest BCUT2D eigenvalue weighted by molar-refractivity contribution is 7.89. The number of rotatable bonds is 6. The quantitative estimate of drug-likeness (QED) is 0.865. The molecule has 0 amide bonds. The van der Waals surface area contributed by atoms with Crippen molar-refractivity contribution in [2.45, 2.75) is 37.2 Å². The molecule has 1 aliphatic carbocycles. The fourth-order valence-corrected chi connectivity index (χ4v) is 3.81. The van der Waals surface area contributed by atoms with Crippen LogP contribution in [0.25, 0.3) is 0 Å². The van der Waals surface area contributed by atoms with Gasteiger partial charge in [0, 0.05) is 25.2 Å². The van der Waals surface area contributed by atoms with Gasteiger partial charge in [0.25, 0.3) is 0 Å². The topological polar surface area (TPSA) is 72.6 Å². The standard InChI is InChI=1S/C14H22N2O3S/c1-10(11-4-5-11)16(2)20(17,18)13-6-7-14(19-3)12(8-13)9-15/h6-8,10-11H,4-5,9,15H2,1-3H3. The number of hydrogen-bond donors (Lipinski definition) is 1. The second kappa shape index (κ2) is 5.71. The molecule has 0 bridgehead atoms. The summed E-state index contributed by atoms with van der Waals surface area (Å²) >= 11 is 0. The third kappa shape index (κ3) is 2.82. The molecule has 0 spiro atoms. The number of benzene rings is 1. The van der Waals surface area contributed by atoms with Gasteiger partial charge in [0.2, 0.25) is 10.0 Å². The van der Waals surface area contributed by atoms with Gasteiger partial charge in [-0.25, -0.2) is 8.42 Å². The van der Waals surface area contributed by atoms with Crippen molar-refractivity contribution in [3.63, 3.8) is 0 Å². The highest BCUT2D eigenvalue weighted by atomic mass is 32.2. The van der Waals surface area contributed by atoms with Gasteiger partial charge in [-0.2, -0.15) is 4.31 Å².